The molecule has 5 heteroatoms. The fraction of sp³-hybridized carbons (Fsp3) is 0.211. The van der Waals surface area contributed by atoms with Crippen molar-refractivity contribution in [2.45, 2.75) is 26.7 Å². The summed E-state index contributed by atoms with van der Waals surface area (Å²) in [5.74, 6) is 0. The van der Waals surface area contributed by atoms with Crippen molar-refractivity contribution >= 4 is 30.7 Å². The fourth-order valence-corrected chi connectivity index (χ4v) is 4.25. The van der Waals surface area contributed by atoms with E-state index in [1.54, 1.807) is 0 Å². The van der Waals surface area contributed by atoms with E-state index in [0.717, 1.165) is 9.52 Å². The van der Waals surface area contributed by atoms with Crippen LogP contribution in [0, 0.1) is 6.92 Å². The summed E-state index contributed by atoms with van der Waals surface area (Å²) in [4.78, 5) is 0. The Labute approximate surface area is 181 Å². The molecule has 0 spiro atoms. The Morgan fingerprint density at radius 2 is 1.54 bits per heavy atom. The van der Waals surface area contributed by atoms with Crippen molar-refractivity contribution in [3.05, 3.63) is 65.7 Å². The third-order valence-electron chi connectivity index (χ3n) is 3.79. The van der Waals surface area contributed by atoms with Crippen molar-refractivity contribution in [1.82, 2.24) is 0 Å². The summed E-state index contributed by atoms with van der Waals surface area (Å²) in [6.45, 7) is 4.49. The molecule has 0 saturated carbocycles. The molecule has 3 aromatic rings. The maximum atomic E-state index is 2.32. The second kappa shape index (κ2) is 12.2. The van der Waals surface area contributed by atoms with Crippen LogP contribution in [-0.4, -0.2) is 9.52 Å². The molecular formula is C19H19Cl3SiTi. The maximum Gasteiger partial charge on any atom is 4.00 e. The number of hydrogen-bond acceptors (Lipinski definition) is 0. The molecule has 0 N–H and O–H groups in total. The van der Waals surface area contributed by atoms with Crippen molar-refractivity contribution in [3.63, 3.8) is 0 Å². The molecule has 3 rings (SSSR count). The standard InChI is InChI=1S/C19H19Si.3ClH.Ti/c1-3-8-15-9-5-7-12-18(15)20-19-14(2)13-16-10-4-6-11-17(16)19;;;;/h4-7,9-13H,3,8H2,1-2H3;3*1H;/q-1;;;;+4/p-3. The quantitative estimate of drug-likeness (QED) is 0.287. The molecule has 3 aromatic carbocycles. The van der Waals surface area contributed by atoms with E-state index >= 15 is 0 Å². The van der Waals surface area contributed by atoms with Crippen molar-refractivity contribution in [3.8, 4) is 0 Å². The Balaban J connectivity index is 0. The fourth-order valence-electron chi connectivity index (χ4n) is 2.80. The van der Waals surface area contributed by atoms with Gasteiger partial charge in [-0.15, -0.1) is 39.7 Å². The number of fused-ring (bicyclic) bond motifs is 1. The average Bonchev–Trinajstić information content (AvgIpc) is 2.78. The molecule has 0 heterocycles. The van der Waals surface area contributed by atoms with E-state index in [9.17, 15) is 0 Å². The van der Waals surface area contributed by atoms with Gasteiger partial charge in [0.15, 0.2) is 0 Å². The second-order valence-corrected chi connectivity index (χ2v) is 6.61. The van der Waals surface area contributed by atoms with Gasteiger partial charge in [0, 0.05) is 0 Å². The van der Waals surface area contributed by atoms with Gasteiger partial charge in [-0.3, -0.25) is 0 Å². The first-order valence-corrected chi connectivity index (χ1v) is 8.29. The van der Waals surface area contributed by atoms with Crippen LogP contribution in [0.25, 0.3) is 10.8 Å². The normalized spacial score (nSPS) is 9.25. The van der Waals surface area contributed by atoms with Gasteiger partial charge in [-0.2, -0.15) is 6.07 Å². The molecular weight excluding hydrogens is 411 g/mol. The number of halogens is 3. The van der Waals surface area contributed by atoms with Crippen LogP contribution in [0.15, 0.2) is 54.6 Å². The zero-order chi connectivity index (χ0) is 13.9. The largest absolute Gasteiger partial charge is 4.00 e. The van der Waals surface area contributed by atoms with Crippen molar-refractivity contribution < 1.29 is 58.9 Å². The summed E-state index contributed by atoms with van der Waals surface area (Å²) in [5.41, 5.74) is 2.94. The number of benzene rings is 2. The first kappa shape index (κ1) is 26.1. The molecule has 0 amide bonds. The summed E-state index contributed by atoms with van der Waals surface area (Å²) in [6, 6.07) is 20.0. The molecule has 124 valence electrons. The maximum absolute atomic E-state index is 2.32. The van der Waals surface area contributed by atoms with Crippen LogP contribution in [-0.2, 0) is 28.1 Å². The Morgan fingerprint density at radius 3 is 2.25 bits per heavy atom. The summed E-state index contributed by atoms with van der Waals surface area (Å²) in [7, 11) is 0.762. The van der Waals surface area contributed by atoms with Crippen LogP contribution < -0.4 is 47.6 Å². The molecule has 0 atom stereocenters. The van der Waals surface area contributed by atoms with Crippen LogP contribution in [0.4, 0.5) is 0 Å². The van der Waals surface area contributed by atoms with E-state index in [4.69, 9.17) is 0 Å². The summed E-state index contributed by atoms with van der Waals surface area (Å²) < 4.78 is 0. The van der Waals surface area contributed by atoms with E-state index in [1.807, 2.05) is 0 Å². The zero-order valence-electron chi connectivity index (χ0n) is 13.7. The topological polar surface area (TPSA) is 0 Å². The van der Waals surface area contributed by atoms with E-state index < -0.39 is 0 Å². The number of hydrogen-bond donors (Lipinski definition) is 0. The van der Waals surface area contributed by atoms with Gasteiger partial charge >= 0.3 is 21.7 Å². The van der Waals surface area contributed by atoms with Gasteiger partial charge in [-0.1, -0.05) is 55.8 Å². The molecule has 0 aliphatic carbocycles. The van der Waals surface area contributed by atoms with E-state index in [-0.39, 0.29) is 58.9 Å². The Bertz CT molecular complexity index is 740. The predicted molar refractivity (Wildman–Crippen MR) is 89.7 cm³/mol. The third-order valence-corrected chi connectivity index (χ3v) is 5.46. The summed E-state index contributed by atoms with van der Waals surface area (Å²) in [6.07, 6.45) is 2.39. The Hall–Kier alpha value is -0.149. The van der Waals surface area contributed by atoms with E-state index in [2.05, 4.69) is 68.4 Å². The van der Waals surface area contributed by atoms with Crippen molar-refractivity contribution in [2.75, 3.05) is 0 Å². The van der Waals surface area contributed by atoms with Crippen LogP contribution in [0.2, 0.25) is 0 Å². The van der Waals surface area contributed by atoms with Crippen LogP contribution in [0.3, 0.4) is 0 Å². The predicted octanol–water partition coefficient (Wildman–Crippen LogP) is -5.52. The Kier molecular flexibility index (Phi) is 13.3. The van der Waals surface area contributed by atoms with E-state index in [0.29, 0.717) is 0 Å². The van der Waals surface area contributed by atoms with Crippen LogP contribution >= 0.6 is 0 Å². The second-order valence-electron chi connectivity index (χ2n) is 5.32. The Morgan fingerprint density at radius 1 is 0.917 bits per heavy atom. The molecule has 0 bridgehead atoms. The van der Waals surface area contributed by atoms with Gasteiger partial charge in [0.05, 0.1) is 9.52 Å². The van der Waals surface area contributed by atoms with Gasteiger partial charge in [0.25, 0.3) is 0 Å². The number of aryl methyl sites for hydroxylation is 2. The van der Waals surface area contributed by atoms with Crippen molar-refractivity contribution in [2.24, 2.45) is 0 Å². The molecule has 0 fully saturated rings. The molecule has 0 aliphatic heterocycles. The average molecular weight is 430 g/mol. The van der Waals surface area contributed by atoms with Gasteiger partial charge in [0.1, 0.15) is 0 Å². The van der Waals surface area contributed by atoms with Gasteiger partial charge in [-0.05, 0) is 12.0 Å². The molecule has 0 nitrogen and oxygen atoms in total. The molecule has 24 heavy (non-hydrogen) atoms. The number of rotatable bonds is 4. The summed E-state index contributed by atoms with van der Waals surface area (Å²) in [5, 5.41) is 5.83. The third kappa shape index (κ3) is 5.69. The molecule has 0 aliphatic rings. The van der Waals surface area contributed by atoms with Crippen LogP contribution in [0.5, 0.6) is 0 Å². The molecule has 0 unspecified atom stereocenters. The summed E-state index contributed by atoms with van der Waals surface area (Å²) >= 11 is 0. The molecule has 0 aromatic heterocycles. The van der Waals surface area contributed by atoms with Gasteiger partial charge < -0.3 is 37.2 Å². The zero-order valence-corrected chi connectivity index (χ0v) is 18.6. The first-order chi connectivity index (χ1) is 9.79. The minimum Gasteiger partial charge on any atom is -1.00 e. The monoisotopic (exact) mass is 428 g/mol. The van der Waals surface area contributed by atoms with Gasteiger partial charge in [0.2, 0.25) is 0 Å². The SMILES string of the molecule is CCCc1ccccc1[Si][c-]1c(C)cc2ccccc21.[Cl-].[Cl-].[Cl-].[Ti+4]. The van der Waals surface area contributed by atoms with Gasteiger partial charge in [-0.25, -0.2) is 0 Å². The minimum absolute atomic E-state index is 0. The smallest absolute Gasteiger partial charge is 1.00 e. The van der Waals surface area contributed by atoms with Crippen molar-refractivity contribution in [1.29, 1.82) is 0 Å². The first-order valence-electron chi connectivity index (χ1n) is 7.29. The minimum atomic E-state index is 0. The molecule has 2 radical (unpaired) electrons. The molecule has 0 saturated heterocycles. The van der Waals surface area contributed by atoms with E-state index in [1.165, 1.54) is 45.1 Å². The van der Waals surface area contributed by atoms with Crippen LogP contribution in [0.1, 0.15) is 24.5 Å².